The van der Waals surface area contributed by atoms with E-state index in [4.69, 9.17) is 11.6 Å². The molecule has 0 N–H and O–H groups in total. The van der Waals surface area contributed by atoms with Crippen LogP contribution in [0.2, 0.25) is 5.02 Å². The molecule has 142 valence electrons. The van der Waals surface area contributed by atoms with E-state index in [0.29, 0.717) is 22.0 Å². The van der Waals surface area contributed by atoms with Gasteiger partial charge in [-0.1, -0.05) is 35.9 Å². The molecule has 2 aromatic heterocycles. The summed E-state index contributed by atoms with van der Waals surface area (Å²) < 4.78 is 16.3. The fraction of sp³-hybridized carbons (Fsp3) is 0.143. The fourth-order valence-electron chi connectivity index (χ4n) is 3.02. The van der Waals surface area contributed by atoms with Gasteiger partial charge < -0.3 is 9.47 Å². The molecule has 4 aromatic rings. The summed E-state index contributed by atoms with van der Waals surface area (Å²) in [5.74, 6) is 0.248. The van der Waals surface area contributed by atoms with Gasteiger partial charge in [-0.15, -0.1) is 11.3 Å². The third-order valence-corrected chi connectivity index (χ3v) is 6.01. The van der Waals surface area contributed by atoms with Gasteiger partial charge in [-0.05, 0) is 35.2 Å². The largest absolute Gasteiger partial charge is 0.337 e. The van der Waals surface area contributed by atoms with Gasteiger partial charge in [-0.3, -0.25) is 4.79 Å². The molecule has 0 spiro atoms. The first-order valence-corrected chi connectivity index (χ1v) is 9.88. The second-order valence-corrected chi connectivity index (χ2v) is 7.99. The van der Waals surface area contributed by atoms with Crippen LogP contribution in [0.1, 0.15) is 21.1 Å². The van der Waals surface area contributed by atoms with Crippen molar-refractivity contribution < 1.29 is 9.18 Å². The van der Waals surface area contributed by atoms with Gasteiger partial charge in [-0.2, -0.15) is 0 Å². The lowest BCUT2D eigenvalue weighted by Crippen LogP contribution is -2.30. The van der Waals surface area contributed by atoms with E-state index in [2.05, 4.69) is 4.98 Å². The highest BCUT2D eigenvalue weighted by Gasteiger charge is 2.21. The van der Waals surface area contributed by atoms with E-state index in [-0.39, 0.29) is 12.5 Å². The number of nitrogens with zero attached hydrogens (tertiary/aromatic N) is 3. The zero-order chi connectivity index (χ0) is 19.7. The second-order valence-electron chi connectivity index (χ2n) is 6.50. The molecular weight excluding hydrogens is 397 g/mol. The van der Waals surface area contributed by atoms with E-state index in [1.807, 2.05) is 48.1 Å². The summed E-state index contributed by atoms with van der Waals surface area (Å²) in [4.78, 5) is 20.0. The number of halogens is 2. The van der Waals surface area contributed by atoms with Crippen molar-refractivity contribution in [2.75, 3.05) is 0 Å². The number of carbonyl (C=O) groups is 1. The van der Waals surface area contributed by atoms with Crippen LogP contribution in [-0.4, -0.2) is 20.4 Å². The van der Waals surface area contributed by atoms with Crippen LogP contribution in [0.3, 0.4) is 0 Å². The zero-order valence-electron chi connectivity index (χ0n) is 15.1. The smallest absolute Gasteiger partial charge is 0.264 e. The highest BCUT2D eigenvalue weighted by molar-refractivity contribution is 7.20. The molecule has 2 aromatic carbocycles. The van der Waals surface area contributed by atoms with Crippen LogP contribution in [0.4, 0.5) is 4.39 Å². The van der Waals surface area contributed by atoms with Crippen LogP contribution in [0.25, 0.3) is 10.1 Å². The van der Waals surface area contributed by atoms with E-state index in [0.717, 1.165) is 15.9 Å². The van der Waals surface area contributed by atoms with Gasteiger partial charge in [0.1, 0.15) is 11.6 Å². The summed E-state index contributed by atoms with van der Waals surface area (Å²) in [6.45, 7) is 0.587. The molecular formula is C21H17ClFN3OS. The molecule has 4 rings (SSSR count). The van der Waals surface area contributed by atoms with Crippen LogP contribution in [0.5, 0.6) is 0 Å². The van der Waals surface area contributed by atoms with Gasteiger partial charge >= 0.3 is 0 Å². The molecule has 28 heavy (non-hydrogen) atoms. The average molecular weight is 414 g/mol. The van der Waals surface area contributed by atoms with Gasteiger partial charge in [0.2, 0.25) is 0 Å². The van der Waals surface area contributed by atoms with Gasteiger partial charge in [0.15, 0.2) is 0 Å². The molecule has 0 aliphatic carbocycles. The first kappa shape index (κ1) is 18.7. The highest BCUT2D eigenvalue weighted by Crippen LogP contribution is 2.28. The first-order valence-electron chi connectivity index (χ1n) is 8.69. The molecule has 0 bridgehead atoms. The summed E-state index contributed by atoms with van der Waals surface area (Å²) in [5, 5.41) is 1.33. The van der Waals surface area contributed by atoms with E-state index >= 15 is 0 Å². The Morgan fingerprint density at radius 1 is 1.21 bits per heavy atom. The number of thiophene rings is 1. The molecule has 0 radical (unpaired) electrons. The number of rotatable bonds is 5. The maximum absolute atomic E-state index is 13.4. The zero-order valence-corrected chi connectivity index (χ0v) is 16.7. The standard InChI is InChI=1S/C21H17ClFN3OS/c1-25-9-8-24-20(25)13-26(12-15-6-7-16(23)11-17(15)22)21(27)19-10-14-4-2-3-5-18(14)28-19/h2-11H,12-13H2,1H3. The fourth-order valence-corrected chi connectivity index (χ4v) is 4.28. The maximum atomic E-state index is 13.4. The van der Waals surface area contributed by atoms with Crippen LogP contribution in [-0.2, 0) is 20.1 Å². The van der Waals surface area contributed by atoms with Crippen molar-refractivity contribution in [1.82, 2.24) is 14.5 Å². The van der Waals surface area contributed by atoms with Crippen LogP contribution in [0, 0.1) is 5.82 Å². The molecule has 1 amide bonds. The van der Waals surface area contributed by atoms with E-state index in [9.17, 15) is 9.18 Å². The Labute approximate surface area is 170 Å². The highest BCUT2D eigenvalue weighted by atomic mass is 35.5. The SMILES string of the molecule is Cn1ccnc1CN(Cc1ccc(F)cc1Cl)C(=O)c1cc2ccccc2s1. The predicted molar refractivity (Wildman–Crippen MR) is 110 cm³/mol. The molecule has 7 heteroatoms. The summed E-state index contributed by atoms with van der Waals surface area (Å²) in [6.07, 6.45) is 3.53. The Morgan fingerprint density at radius 2 is 2.04 bits per heavy atom. The summed E-state index contributed by atoms with van der Waals surface area (Å²) in [7, 11) is 1.88. The number of hydrogen-bond acceptors (Lipinski definition) is 3. The second kappa shape index (κ2) is 7.73. The van der Waals surface area contributed by atoms with Crippen molar-refractivity contribution in [2.24, 2.45) is 7.05 Å². The van der Waals surface area contributed by atoms with Crippen LogP contribution < -0.4 is 0 Å². The number of aryl methyl sites for hydroxylation is 1. The molecule has 0 saturated heterocycles. The van der Waals surface area contributed by atoms with Crippen molar-refractivity contribution >= 4 is 38.9 Å². The minimum absolute atomic E-state index is 0.107. The topological polar surface area (TPSA) is 38.1 Å². The maximum Gasteiger partial charge on any atom is 0.264 e. The lowest BCUT2D eigenvalue weighted by molar-refractivity contribution is 0.0729. The van der Waals surface area contributed by atoms with E-state index < -0.39 is 5.82 Å². The quantitative estimate of drug-likeness (QED) is 0.447. The van der Waals surface area contributed by atoms with Crippen molar-refractivity contribution in [3.8, 4) is 0 Å². The molecule has 0 atom stereocenters. The molecule has 0 saturated carbocycles. The van der Waals surface area contributed by atoms with Gasteiger partial charge in [-0.25, -0.2) is 9.37 Å². The van der Waals surface area contributed by atoms with Crippen molar-refractivity contribution in [1.29, 1.82) is 0 Å². The molecule has 4 nitrogen and oxygen atoms in total. The summed E-state index contributed by atoms with van der Waals surface area (Å²) >= 11 is 7.66. The number of imidazole rings is 1. The minimum atomic E-state index is -0.403. The number of aromatic nitrogens is 2. The average Bonchev–Trinajstić information content (AvgIpc) is 3.28. The van der Waals surface area contributed by atoms with Gasteiger partial charge in [0.05, 0.1) is 11.4 Å². The lowest BCUT2D eigenvalue weighted by atomic mass is 10.2. The number of carbonyl (C=O) groups excluding carboxylic acids is 1. The summed E-state index contributed by atoms with van der Waals surface area (Å²) in [5.41, 5.74) is 0.687. The monoisotopic (exact) mass is 413 g/mol. The number of hydrogen-bond donors (Lipinski definition) is 0. The third-order valence-electron chi connectivity index (χ3n) is 4.55. The Morgan fingerprint density at radius 3 is 2.75 bits per heavy atom. The molecule has 2 heterocycles. The van der Waals surface area contributed by atoms with Crippen molar-refractivity contribution in [3.05, 3.63) is 88.0 Å². The number of benzene rings is 2. The van der Waals surface area contributed by atoms with E-state index in [1.165, 1.54) is 23.5 Å². The summed E-state index contributed by atoms with van der Waals surface area (Å²) in [6, 6.07) is 14.0. The van der Waals surface area contributed by atoms with Crippen LogP contribution >= 0.6 is 22.9 Å². The number of fused-ring (bicyclic) bond motifs is 1. The van der Waals surface area contributed by atoms with Crippen molar-refractivity contribution in [3.63, 3.8) is 0 Å². The molecule has 0 fully saturated rings. The predicted octanol–water partition coefficient (Wildman–Crippen LogP) is 5.27. The molecule has 0 unspecified atom stereocenters. The van der Waals surface area contributed by atoms with Gasteiger partial charge in [0, 0.05) is 35.7 Å². The molecule has 0 aliphatic rings. The first-order chi connectivity index (χ1) is 13.5. The van der Waals surface area contributed by atoms with Crippen LogP contribution in [0.15, 0.2) is 60.9 Å². The Balaban J connectivity index is 1.68. The third kappa shape index (κ3) is 3.79. The number of amides is 1. The lowest BCUT2D eigenvalue weighted by Gasteiger charge is -2.22. The minimum Gasteiger partial charge on any atom is -0.337 e. The Hall–Kier alpha value is -2.70. The van der Waals surface area contributed by atoms with Crippen molar-refractivity contribution in [2.45, 2.75) is 13.1 Å². The Bertz CT molecular complexity index is 1120. The molecule has 0 aliphatic heterocycles. The normalized spacial score (nSPS) is 11.1. The van der Waals surface area contributed by atoms with Gasteiger partial charge in [0.25, 0.3) is 5.91 Å². The Kier molecular flexibility index (Phi) is 5.15. The van der Waals surface area contributed by atoms with E-state index in [1.54, 1.807) is 17.2 Å².